The second kappa shape index (κ2) is 6.20. The van der Waals surface area contributed by atoms with Gasteiger partial charge in [-0.2, -0.15) is 4.98 Å². The Morgan fingerprint density at radius 1 is 1.43 bits per heavy atom. The highest BCUT2D eigenvalue weighted by Gasteiger charge is 2.34. The maximum Gasteiger partial charge on any atom is 0.317 e. The molecule has 0 atom stereocenters. The van der Waals surface area contributed by atoms with Crippen LogP contribution in [0.2, 0.25) is 0 Å². The number of carboxylic acid groups (broad SMARTS) is 1. The molecule has 3 rings (SSSR count). The Labute approximate surface area is 135 Å². The minimum Gasteiger partial charge on any atom is -0.480 e. The van der Waals surface area contributed by atoms with Crippen LogP contribution in [0.5, 0.6) is 0 Å². The molecule has 1 fully saturated rings. The van der Waals surface area contributed by atoms with Gasteiger partial charge in [-0.25, -0.2) is 0 Å². The van der Waals surface area contributed by atoms with Crippen LogP contribution in [-0.2, 0) is 4.79 Å². The van der Waals surface area contributed by atoms with Crippen molar-refractivity contribution in [1.29, 1.82) is 0 Å². The molecule has 0 unspecified atom stereocenters. The maximum atomic E-state index is 10.9. The zero-order valence-electron chi connectivity index (χ0n) is 13.8. The molecule has 2 N–H and O–H groups in total. The number of fused-ring (bicyclic) bond motifs is 1. The predicted octanol–water partition coefficient (Wildman–Crippen LogP) is 2.79. The topological polar surface area (TPSA) is 78.6 Å². The minimum absolute atomic E-state index is 0.106. The van der Waals surface area contributed by atoms with E-state index in [-0.39, 0.29) is 12.6 Å². The second-order valence-corrected chi connectivity index (χ2v) is 6.37. The third kappa shape index (κ3) is 3.32. The zero-order chi connectivity index (χ0) is 16.6. The molecule has 6 nitrogen and oxygen atoms in total. The summed E-state index contributed by atoms with van der Waals surface area (Å²) in [7, 11) is 0. The lowest BCUT2D eigenvalue weighted by atomic mass is 9.85. The van der Waals surface area contributed by atoms with E-state index in [9.17, 15) is 4.79 Å². The molecule has 1 aliphatic rings. The lowest BCUT2D eigenvalue weighted by Gasteiger charge is -2.41. The summed E-state index contributed by atoms with van der Waals surface area (Å²) in [5, 5.41) is 12.3. The van der Waals surface area contributed by atoms with Gasteiger partial charge in [0.15, 0.2) is 5.58 Å². The first-order chi connectivity index (χ1) is 11.0. The average molecular weight is 317 g/mol. The van der Waals surface area contributed by atoms with Gasteiger partial charge in [-0.3, -0.25) is 9.69 Å². The van der Waals surface area contributed by atoms with Gasteiger partial charge in [-0.15, -0.1) is 0 Å². The van der Waals surface area contributed by atoms with Crippen molar-refractivity contribution in [2.75, 3.05) is 18.4 Å². The normalized spacial score (nSPS) is 20.7. The molecule has 2 aromatic rings. The van der Waals surface area contributed by atoms with E-state index in [1.807, 2.05) is 31.7 Å². The van der Waals surface area contributed by atoms with E-state index in [1.165, 1.54) is 5.56 Å². The van der Waals surface area contributed by atoms with Crippen LogP contribution in [-0.4, -0.2) is 46.1 Å². The number of aryl methyl sites for hydroxylation is 2. The molecular formula is C17H23N3O3. The number of nitrogens with one attached hydrogen (secondary N) is 1. The molecule has 0 amide bonds. The molecule has 6 heteroatoms. The van der Waals surface area contributed by atoms with Crippen LogP contribution >= 0.6 is 0 Å². The van der Waals surface area contributed by atoms with Crippen LogP contribution in [0.1, 0.15) is 30.9 Å². The van der Waals surface area contributed by atoms with E-state index in [2.05, 4.69) is 16.4 Å². The van der Waals surface area contributed by atoms with Crippen LogP contribution in [0, 0.1) is 13.8 Å². The fourth-order valence-corrected chi connectivity index (χ4v) is 3.29. The van der Waals surface area contributed by atoms with Gasteiger partial charge in [-0.1, -0.05) is 13.0 Å². The van der Waals surface area contributed by atoms with Crippen molar-refractivity contribution in [3.8, 4) is 0 Å². The summed E-state index contributed by atoms with van der Waals surface area (Å²) in [4.78, 5) is 17.4. The Morgan fingerprint density at radius 3 is 2.83 bits per heavy atom. The molecule has 1 aromatic carbocycles. The molecule has 0 saturated heterocycles. The first-order valence-electron chi connectivity index (χ1n) is 8.06. The number of aliphatic carboxylic acids is 1. The number of benzene rings is 1. The Bertz CT molecular complexity index is 719. The fraction of sp³-hybridized carbons (Fsp3) is 0.529. The van der Waals surface area contributed by atoms with Gasteiger partial charge < -0.3 is 14.8 Å². The highest BCUT2D eigenvalue weighted by Crippen LogP contribution is 2.30. The predicted molar refractivity (Wildman–Crippen MR) is 88.8 cm³/mol. The molecule has 1 heterocycles. The molecule has 1 aliphatic carbocycles. The smallest absolute Gasteiger partial charge is 0.317 e. The Kier molecular flexibility index (Phi) is 4.26. The third-order valence-corrected chi connectivity index (χ3v) is 4.52. The summed E-state index contributed by atoms with van der Waals surface area (Å²) in [6, 6.07) is 5.27. The van der Waals surface area contributed by atoms with Crippen LogP contribution in [0.3, 0.4) is 0 Å². The van der Waals surface area contributed by atoms with Crippen LogP contribution in [0.15, 0.2) is 16.5 Å². The van der Waals surface area contributed by atoms with Crippen molar-refractivity contribution in [2.24, 2.45) is 0 Å². The van der Waals surface area contributed by atoms with Gasteiger partial charge in [-0.05, 0) is 50.4 Å². The third-order valence-electron chi connectivity index (χ3n) is 4.52. The van der Waals surface area contributed by atoms with Crippen molar-refractivity contribution < 1.29 is 14.3 Å². The summed E-state index contributed by atoms with van der Waals surface area (Å²) in [6.07, 6.45) is 1.83. The number of rotatable bonds is 6. The summed E-state index contributed by atoms with van der Waals surface area (Å²) in [5.74, 6) is -0.770. The van der Waals surface area contributed by atoms with Gasteiger partial charge in [0.05, 0.1) is 6.54 Å². The molecule has 0 bridgehead atoms. The van der Waals surface area contributed by atoms with Crippen LogP contribution in [0.25, 0.3) is 11.1 Å². The van der Waals surface area contributed by atoms with Crippen molar-refractivity contribution >= 4 is 23.1 Å². The number of hydrogen-bond acceptors (Lipinski definition) is 5. The standard InChI is InChI=1S/C17H23N3O3/c1-4-20(9-15(21)22)13-7-12(8-13)18-17-19-14-6-10(2)5-11(3)16(14)23-17/h5-6,12-13H,4,7-9H2,1-3H3,(H,18,19)(H,21,22). The molecule has 1 saturated carbocycles. The summed E-state index contributed by atoms with van der Waals surface area (Å²) >= 11 is 0. The van der Waals surface area contributed by atoms with Crippen LogP contribution < -0.4 is 5.32 Å². The van der Waals surface area contributed by atoms with E-state index < -0.39 is 5.97 Å². The SMILES string of the molecule is CCN(CC(=O)O)C1CC(Nc2nc3cc(C)cc(C)c3o2)C1. The first kappa shape index (κ1) is 15.8. The zero-order valence-corrected chi connectivity index (χ0v) is 13.8. The van der Waals surface area contributed by atoms with E-state index in [0.29, 0.717) is 12.1 Å². The fourth-order valence-electron chi connectivity index (χ4n) is 3.29. The molecule has 124 valence electrons. The number of carboxylic acids is 1. The summed E-state index contributed by atoms with van der Waals surface area (Å²) in [6.45, 7) is 6.93. The van der Waals surface area contributed by atoms with Gasteiger partial charge in [0, 0.05) is 12.1 Å². The Hall–Kier alpha value is -2.08. The number of anilines is 1. The molecular weight excluding hydrogens is 294 g/mol. The number of oxazole rings is 1. The highest BCUT2D eigenvalue weighted by atomic mass is 16.4. The second-order valence-electron chi connectivity index (χ2n) is 6.37. The van der Waals surface area contributed by atoms with E-state index in [1.54, 1.807) is 0 Å². The van der Waals surface area contributed by atoms with Crippen molar-refractivity contribution in [2.45, 2.75) is 45.7 Å². The minimum atomic E-state index is -0.770. The van der Waals surface area contributed by atoms with Crippen molar-refractivity contribution in [3.05, 3.63) is 23.3 Å². The number of likely N-dealkylation sites (N-methyl/N-ethyl adjacent to an activating group) is 1. The molecule has 23 heavy (non-hydrogen) atoms. The highest BCUT2D eigenvalue weighted by molar-refractivity contribution is 5.78. The molecule has 0 spiro atoms. The Balaban J connectivity index is 1.62. The lowest BCUT2D eigenvalue weighted by Crippen LogP contribution is -2.51. The van der Waals surface area contributed by atoms with Gasteiger partial charge >= 0.3 is 5.97 Å². The molecule has 0 aliphatic heterocycles. The largest absolute Gasteiger partial charge is 0.480 e. The van der Waals surface area contributed by atoms with Gasteiger partial charge in [0.25, 0.3) is 6.01 Å². The van der Waals surface area contributed by atoms with E-state index >= 15 is 0 Å². The monoisotopic (exact) mass is 317 g/mol. The lowest BCUT2D eigenvalue weighted by molar-refractivity contribution is -0.139. The summed E-state index contributed by atoms with van der Waals surface area (Å²) in [5.41, 5.74) is 3.97. The van der Waals surface area contributed by atoms with E-state index in [4.69, 9.17) is 9.52 Å². The first-order valence-corrected chi connectivity index (χ1v) is 8.06. The van der Waals surface area contributed by atoms with Crippen LogP contribution in [0.4, 0.5) is 6.01 Å². The molecule has 1 aromatic heterocycles. The molecule has 0 radical (unpaired) electrons. The number of nitrogens with zero attached hydrogens (tertiary/aromatic N) is 2. The summed E-state index contributed by atoms with van der Waals surface area (Å²) < 4.78 is 5.82. The average Bonchev–Trinajstić information content (AvgIpc) is 2.83. The number of aromatic nitrogens is 1. The van der Waals surface area contributed by atoms with E-state index in [0.717, 1.165) is 36.0 Å². The van der Waals surface area contributed by atoms with Crippen molar-refractivity contribution in [1.82, 2.24) is 9.88 Å². The number of carbonyl (C=O) groups is 1. The van der Waals surface area contributed by atoms with Gasteiger partial charge in [0.1, 0.15) is 5.52 Å². The van der Waals surface area contributed by atoms with Gasteiger partial charge in [0.2, 0.25) is 0 Å². The quantitative estimate of drug-likeness (QED) is 0.853. The van der Waals surface area contributed by atoms with Crippen molar-refractivity contribution in [3.63, 3.8) is 0 Å². The Morgan fingerprint density at radius 2 is 2.17 bits per heavy atom. The maximum absolute atomic E-state index is 10.9. The number of hydrogen-bond donors (Lipinski definition) is 2.